The fourth-order valence-electron chi connectivity index (χ4n) is 11.7. The summed E-state index contributed by atoms with van der Waals surface area (Å²) >= 11 is 0. The minimum Gasteiger partial charge on any atom is -0.457 e. The molecule has 12 aromatic rings. The molecule has 0 saturated carbocycles. The average molecular weight is 971 g/mol. The molecule has 0 N–H and O–H groups in total. The summed E-state index contributed by atoms with van der Waals surface area (Å²) in [5.41, 5.74) is 22.1. The predicted octanol–water partition coefficient (Wildman–Crippen LogP) is 19.8. The van der Waals surface area contributed by atoms with E-state index in [4.69, 9.17) is 4.74 Å². The molecular formula is C73H50N2O. The van der Waals surface area contributed by atoms with Gasteiger partial charge in [-0.15, -0.1) is 0 Å². The average Bonchev–Trinajstić information content (AvgIpc) is 3.64. The molecule has 0 unspecified atom stereocenters. The SMILES string of the molecule is c1ccc(-c2ccc(N(c3ccc(-c4ccccc4)cc3)c3ccc(-c4ccc5c(c4)C4(c6ccccc6Oc6ccccc64)c4cc(-c6ccccc6)ccc4N5c4ccc(-c5ccccc5)cc4)cc3)cc2)cc1. The lowest BCUT2D eigenvalue weighted by Gasteiger charge is -2.49. The van der Waals surface area contributed by atoms with Crippen molar-refractivity contribution in [1.29, 1.82) is 0 Å². The first-order valence-electron chi connectivity index (χ1n) is 26.1. The molecule has 1 spiro atoms. The molecule has 2 aliphatic heterocycles. The van der Waals surface area contributed by atoms with Gasteiger partial charge >= 0.3 is 0 Å². The van der Waals surface area contributed by atoms with Crippen LogP contribution in [0.1, 0.15) is 22.3 Å². The largest absolute Gasteiger partial charge is 0.457 e. The highest BCUT2D eigenvalue weighted by Gasteiger charge is 2.51. The first-order chi connectivity index (χ1) is 37.7. The number of benzene rings is 12. The van der Waals surface area contributed by atoms with Crippen LogP contribution in [0.2, 0.25) is 0 Å². The molecule has 0 amide bonds. The predicted molar refractivity (Wildman–Crippen MR) is 315 cm³/mol. The third-order valence-electron chi connectivity index (χ3n) is 15.3. The maximum atomic E-state index is 6.88. The molecule has 0 bridgehead atoms. The summed E-state index contributed by atoms with van der Waals surface area (Å²) < 4.78 is 6.88. The Kier molecular flexibility index (Phi) is 11.1. The number of para-hydroxylation sites is 2. The van der Waals surface area contributed by atoms with E-state index < -0.39 is 5.41 Å². The number of nitrogens with zero attached hydrogens (tertiary/aromatic N) is 2. The van der Waals surface area contributed by atoms with Gasteiger partial charge in [-0.25, -0.2) is 0 Å². The van der Waals surface area contributed by atoms with E-state index in [0.29, 0.717) is 0 Å². The van der Waals surface area contributed by atoms with Crippen molar-refractivity contribution in [3.05, 3.63) is 326 Å². The highest BCUT2D eigenvalue weighted by molar-refractivity contribution is 5.94. The normalized spacial score (nSPS) is 12.7. The maximum Gasteiger partial charge on any atom is 0.132 e. The summed E-state index contributed by atoms with van der Waals surface area (Å²) in [4.78, 5) is 4.82. The molecule has 3 nitrogen and oxygen atoms in total. The Morgan fingerprint density at radius 3 is 0.921 bits per heavy atom. The second-order valence-corrected chi connectivity index (χ2v) is 19.6. The molecule has 358 valence electrons. The lowest BCUT2D eigenvalue weighted by atomic mass is 9.60. The molecule has 0 aliphatic carbocycles. The second kappa shape index (κ2) is 18.8. The van der Waals surface area contributed by atoms with Gasteiger partial charge in [0.25, 0.3) is 0 Å². The lowest BCUT2D eigenvalue weighted by molar-refractivity contribution is 0.434. The number of ether oxygens (including phenoxy) is 1. The van der Waals surface area contributed by atoms with E-state index in [0.717, 1.165) is 73.4 Å². The molecule has 2 aliphatic rings. The summed E-state index contributed by atoms with van der Waals surface area (Å²) in [5, 5.41) is 0. The Bertz CT molecular complexity index is 3900. The standard InChI is InChI=1S/C73H50N2O/c1-5-17-51(18-6-1)55-29-39-61(40-30-55)74(62-41-31-56(32-42-62)52-19-7-2-8-20-52)63-43-35-58(36-44-63)60-38-48-70-68(50-60)73(65-25-13-15-27-71(65)76-72-28-16-14-26-66(72)73)67-49-59(54-23-11-4-12-24-54)37-47-69(67)75(70)64-45-33-57(34-46-64)53-21-9-3-10-22-53/h1-50H. The first-order valence-corrected chi connectivity index (χ1v) is 26.1. The van der Waals surface area contributed by atoms with Crippen molar-refractivity contribution in [2.45, 2.75) is 5.41 Å². The molecule has 12 aromatic carbocycles. The Morgan fingerprint density at radius 1 is 0.250 bits per heavy atom. The quantitative estimate of drug-likeness (QED) is 0.143. The third-order valence-corrected chi connectivity index (χ3v) is 15.3. The molecule has 76 heavy (non-hydrogen) atoms. The third kappa shape index (κ3) is 7.68. The van der Waals surface area contributed by atoms with Crippen LogP contribution >= 0.6 is 0 Å². The van der Waals surface area contributed by atoms with Gasteiger partial charge in [-0.05, 0) is 152 Å². The van der Waals surface area contributed by atoms with Gasteiger partial charge in [0.15, 0.2) is 0 Å². The summed E-state index contributed by atoms with van der Waals surface area (Å²) in [7, 11) is 0. The van der Waals surface area contributed by atoms with Crippen molar-refractivity contribution in [3.63, 3.8) is 0 Å². The second-order valence-electron chi connectivity index (χ2n) is 19.6. The summed E-state index contributed by atoms with van der Waals surface area (Å²) in [6.07, 6.45) is 0. The molecule has 0 atom stereocenters. The fourth-order valence-corrected chi connectivity index (χ4v) is 11.7. The Labute approximate surface area is 444 Å². The molecule has 14 rings (SSSR count). The number of hydrogen-bond acceptors (Lipinski definition) is 3. The highest BCUT2D eigenvalue weighted by Crippen LogP contribution is 2.63. The molecule has 2 heterocycles. The van der Waals surface area contributed by atoms with Gasteiger partial charge in [-0.3, -0.25) is 0 Å². The van der Waals surface area contributed by atoms with Crippen LogP contribution in [-0.2, 0) is 5.41 Å². The Balaban J connectivity index is 0.945. The summed E-state index contributed by atoms with van der Waals surface area (Å²) in [6.45, 7) is 0. The van der Waals surface area contributed by atoms with Gasteiger partial charge in [0.2, 0.25) is 0 Å². The van der Waals surface area contributed by atoms with E-state index in [2.05, 4.69) is 313 Å². The van der Waals surface area contributed by atoms with E-state index in [9.17, 15) is 0 Å². The van der Waals surface area contributed by atoms with Crippen molar-refractivity contribution >= 4 is 34.1 Å². The van der Waals surface area contributed by atoms with Crippen LogP contribution in [0.3, 0.4) is 0 Å². The van der Waals surface area contributed by atoms with E-state index >= 15 is 0 Å². The molecular weight excluding hydrogens is 921 g/mol. The monoisotopic (exact) mass is 970 g/mol. The van der Waals surface area contributed by atoms with E-state index in [1.165, 1.54) is 50.1 Å². The fraction of sp³-hybridized carbons (Fsp3) is 0.0137. The topological polar surface area (TPSA) is 15.7 Å². The van der Waals surface area contributed by atoms with E-state index in [1.54, 1.807) is 0 Å². The zero-order chi connectivity index (χ0) is 50.4. The van der Waals surface area contributed by atoms with Gasteiger partial charge < -0.3 is 14.5 Å². The van der Waals surface area contributed by atoms with Crippen LogP contribution in [0.15, 0.2) is 303 Å². The minimum absolute atomic E-state index is 0.758. The summed E-state index contributed by atoms with van der Waals surface area (Å²) in [5.74, 6) is 1.71. The van der Waals surface area contributed by atoms with E-state index in [1.807, 2.05) is 0 Å². The lowest BCUT2D eigenvalue weighted by Crippen LogP contribution is -2.39. The van der Waals surface area contributed by atoms with Crippen molar-refractivity contribution in [2.24, 2.45) is 0 Å². The first kappa shape index (κ1) is 44.7. The van der Waals surface area contributed by atoms with Crippen LogP contribution in [0.4, 0.5) is 34.1 Å². The van der Waals surface area contributed by atoms with Crippen LogP contribution in [0, 0.1) is 0 Å². The van der Waals surface area contributed by atoms with E-state index in [-0.39, 0.29) is 0 Å². The summed E-state index contributed by atoms with van der Waals surface area (Å²) in [6, 6.07) is 110. The van der Waals surface area contributed by atoms with Crippen molar-refractivity contribution < 1.29 is 4.74 Å². The molecule has 0 radical (unpaired) electrons. The van der Waals surface area contributed by atoms with Crippen LogP contribution in [-0.4, -0.2) is 0 Å². The smallest absolute Gasteiger partial charge is 0.132 e. The zero-order valence-corrected chi connectivity index (χ0v) is 41.7. The van der Waals surface area contributed by atoms with Gasteiger partial charge in [-0.1, -0.05) is 218 Å². The van der Waals surface area contributed by atoms with Crippen molar-refractivity contribution in [2.75, 3.05) is 9.80 Å². The molecule has 0 fully saturated rings. The van der Waals surface area contributed by atoms with Crippen molar-refractivity contribution in [3.8, 4) is 67.1 Å². The van der Waals surface area contributed by atoms with Crippen LogP contribution < -0.4 is 14.5 Å². The highest BCUT2D eigenvalue weighted by atomic mass is 16.5. The number of rotatable bonds is 9. The Hall–Kier alpha value is -9.96. The zero-order valence-electron chi connectivity index (χ0n) is 41.7. The van der Waals surface area contributed by atoms with Crippen molar-refractivity contribution in [1.82, 2.24) is 0 Å². The minimum atomic E-state index is -0.758. The van der Waals surface area contributed by atoms with Crippen LogP contribution in [0.5, 0.6) is 11.5 Å². The van der Waals surface area contributed by atoms with Gasteiger partial charge in [0, 0.05) is 33.9 Å². The molecule has 0 saturated heterocycles. The number of fused-ring (bicyclic) bond motifs is 8. The van der Waals surface area contributed by atoms with Crippen LogP contribution in [0.25, 0.3) is 55.6 Å². The Morgan fingerprint density at radius 2 is 0.539 bits per heavy atom. The molecule has 3 heteroatoms. The van der Waals surface area contributed by atoms with Gasteiger partial charge in [-0.2, -0.15) is 0 Å². The molecule has 0 aromatic heterocycles. The maximum absolute atomic E-state index is 6.88. The van der Waals surface area contributed by atoms with Gasteiger partial charge in [0.05, 0.1) is 16.8 Å². The number of anilines is 6. The number of hydrogen-bond donors (Lipinski definition) is 0. The van der Waals surface area contributed by atoms with Gasteiger partial charge in [0.1, 0.15) is 11.5 Å².